The van der Waals surface area contributed by atoms with Gasteiger partial charge in [-0.1, -0.05) is 86.7 Å². The molecule has 0 aliphatic rings. The average Bonchev–Trinajstić information content (AvgIpc) is 2.54. The number of unbranched alkanes of at least 4 members (excludes halogenated alkanes) is 9. The molecule has 0 saturated heterocycles. The van der Waals surface area contributed by atoms with Gasteiger partial charge in [0.2, 0.25) is 0 Å². The Hall–Kier alpha value is -0.370. The number of nitrogens with zero attached hydrogens (tertiary/aromatic N) is 1. The van der Waals surface area contributed by atoms with Gasteiger partial charge in [-0.05, 0) is 6.42 Å². The molecule has 1 atom stereocenters. The third-order valence-corrected chi connectivity index (χ3v) is 4.98. The van der Waals surface area contributed by atoms with Crippen molar-refractivity contribution in [2.24, 2.45) is 0 Å². The van der Waals surface area contributed by atoms with Crippen molar-refractivity contribution in [3.8, 4) is 0 Å². The zero-order chi connectivity index (χ0) is 15.2. The van der Waals surface area contributed by atoms with E-state index in [1.54, 1.807) is 0 Å². The minimum Gasteiger partial charge on any atom is -0.202 e. The van der Waals surface area contributed by atoms with Crippen LogP contribution in [0.25, 0.3) is 0 Å². The maximum absolute atomic E-state index is 3.66. The summed E-state index contributed by atoms with van der Waals surface area (Å²) in [5, 5.41) is 1.05. The highest BCUT2D eigenvalue weighted by atomic mass is 79.9. The second kappa shape index (κ2) is 13.3. The molecule has 1 aromatic heterocycles. The molecule has 0 aromatic carbocycles. The van der Waals surface area contributed by atoms with Crippen LogP contribution in [0, 0.1) is 0 Å². The molecule has 0 aliphatic heterocycles. The molecule has 0 saturated carbocycles. The van der Waals surface area contributed by atoms with E-state index in [-0.39, 0.29) is 0 Å². The number of aromatic nitrogens is 1. The van der Waals surface area contributed by atoms with Crippen LogP contribution in [0.3, 0.4) is 0 Å². The van der Waals surface area contributed by atoms with Crippen molar-refractivity contribution in [3.05, 3.63) is 30.6 Å². The monoisotopic (exact) mass is 354 g/mol. The lowest BCUT2D eigenvalue weighted by Gasteiger charge is -2.09. The first-order valence-electron chi connectivity index (χ1n) is 8.90. The van der Waals surface area contributed by atoms with Crippen LogP contribution in [0.2, 0.25) is 0 Å². The minimum absolute atomic E-state index is 0.611. The Morgan fingerprint density at radius 2 is 1.29 bits per heavy atom. The fraction of sp³-hybridized carbons (Fsp3) is 0.737. The normalized spacial score (nSPS) is 12.5. The summed E-state index contributed by atoms with van der Waals surface area (Å²) in [7, 11) is 0. The molecule has 2 heteroatoms. The highest BCUT2D eigenvalue weighted by Gasteiger charge is 2.15. The second-order valence-corrected chi connectivity index (χ2v) is 6.75. The lowest BCUT2D eigenvalue weighted by molar-refractivity contribution is -0.719. The van der Waals surface area contributed by atoms with Crippen molar-refractivity contribution >= 4 is 15.9 Å². The fourth-order valence-corrected chi connectivity index (χ4v) is 3.49. The van der Waals surface area contributed by atoms with Gasteiger partial charge < -0.3 is 0 Å². The summed E-state index contributed by atoms with van der Waals surface area (Å²) in [6.07, 6.45) is 19.8. The summed E-state index contributed by atoms with van der Waals surface area (Å²) in [5.74, 6) is 0. The lowest BCUT2D eigenvalue weighted by Crippen LogP contribution is -2.39. The molecule has 1 rings (SSSR count). The van der Waals surface area contributed by atoms with Crippen molar-refractivity contribution in [1.29, 1.82) is 0 Å². The first-order valence-corrected chi connectivity index (χ1v) is 10.0. The third kappa shape index (κ3) is 9.29. The Balaban J connectivity index is 1.98. The van der Waals surface area contributed by atoms with Gasteiger partial charge in [0.25, 0.3) is 0 Å². The van der Waals surface area contributed by atoms with E-state index in [1.165, 1.54) is 70.6 Å². The van der Waals surface area contributed by atoms with Gasteiger partial charge in [0, 0.05) is 18.6 Å². The quantitative estimate of drug-likeness (QED) is 0.225. The van der Waals surface area contributed by atoms with Crippen LogP contribution in [0.15, 0.2) is 30.6 Å². The van der Waals surface area contributed by atoms with Crippen LogP contribution in [-0.4, -0.2) is 5.33 Å². The summed E-state index contributed by atoms with van der Waals surface area (Å²) in [4.78, 5) is 0. The predicted octanol–water partition coefficient (Wildman–Crippen LogP) is 6.22. The van der Waals surface area contributed by atoms with Crippen molar-refractivity contribution < 1.29 is 4.57 Å². The van der Waals surface area contributed by atoms with E-state index in [9.17, 15) is 0 Å². The molecular weight excluding hydrogens is 322 g/mol. The molecule has 0 spiro atoms. The fourth-order valence-electron chi connectivity index (χ4n) is 2.83. The Kier molecular flexibility index (Phi) is 11.8. The molecule has 0 aliphatic carbocycles. The predicted molar refractivity (Wildman–Crippen MR) is 95.9 cm³/mol. The van der Waals surface area contributed by atoms with Crippen molar-refractivity contribution in [1.82, 2.24) is 0 Å². The molecule has 0 amide bonds. The maximum atomic E-state index is 3.66. The van der Waals surface area contributed by atoms with Gasteiger partial charge in [-0.3, -0.25) is 0 Å². The Morgan fingerprint density at radius 1 is 0.762 bits per heavy atom. The number of rotatable bonds is 13. The van der Waals surface area contributed by atoms with E-state index < -0.39 is 0 Å². The molecule has 120 valence electrons. The van der Waals surface area contributed by atoms with E-state index in [0.29, 0.717) is 6.04 Å². The van der Waals surface area contributed by atoms with Gasteiger partial charge in [-0.15, -0.1) is 0 Å². The van der Waals surface area contributed by atoms with E-state index in [2.05, 4.69) is 58.0 Å². The molecule has 0 unspecified atom stereocenters. The zero-order valence-electron chi connectivity index (χ0n) is 13.8. The largest absolute Gasteiger partial charge is 0.202 e. The first-order chi connectivity index (χ1) is 10.4. The average molecular weight is 355 g/mol. The number of halogens is 1. The zero-order valence-corrected chi connectivity index (χ0v) is 15.4. The Morgan fingerprint density at radius 3 is 1.81 bits per heavy atom. The van der Waals surface area contributed by atoms with E-state index in [0.717, 1.165) is 5.33 Å². The topological polar surface area (TPSA) is 3.88 Å². The van der Waals surface area contributed by atoms with Gasteiger partial charge in [0.1, 0.15) is 0 Å². The first kappa shape index (κ1) is 18.7. The van der Waals surface area contributed by atoms with Crippen LogP contribution in [0.4, 0.5) is 0 Å². The summed E-state index contributed by atoms with van der Waals surface area (Å²) >= 11 is 3.66. The molecule has 1 nitrogen and oxygen atoms in total. The molecule has 0 fully saturated rings. The standard InChI is InChI=1S/C19H33BrN/c1-2-3-4-5-6-7-8-9-10-12-15-19(18-20)21-16-13-11-14-17-21/h11,13-14,16-17,19H,2-10,12,15,18H2,1H3/q+1/t19-/m0/s1. The molecule has 1 heterocycles. The van der Waals surface area contributed by atoms with Crippen LogP contribution < -0.4 is 4.57 Å². The number of alkyl halides is 1. The Bertz CT molecular complexity index is 326. The van der Waals surface area contributed by atoms with Crippen LogP contribution in [0.1, 0.15) is 83.6 Å². The van der Waals surface area contributed by atoms with E-state index >= 15 is 0 Å². The van der Waals surface area contributed by atoms with Crippen LogP contribution in [0.5, 0.6) is 0 Å². The summed E-state index contributed by atoms with van der Waals surface area (Å²) in [6.45, 7) is 2.29. The van der Waals surface area contributed by atoms with E-state index in [1.807, 2.05) is 0 Å². The lowest BCUT2D eigenvalue weighted by atomic mass is 10.0. The van der Waals surface area contributed by atoms with Gasteiger partial charge in [0.05, 0.1) is 5.33 Å². The summed E-state index contributed by atoms with van der Waals surface area (Å²) in [5.41, 5.74) is 0. The molecular formula is C19H33BrN+. The number of hydrogen-bond donors (Lipinski definition) is 0. The maximum Gasteiger partial charge on any atom is 0.169 e. The second-order valence-electron chi connectivity index (χ2n) is 6.10. The van der Waals surface area contributed by atoms with Crippen molar-refractivity contribution in [2.75, 3.05) is 5.33 Å². The smallest absolute Gasteiger partial charge is 0.169 e. The van der Waals surface area contributed by atoms with Gasteiger partial charge >= 0.3 is 0 Å². The molecule has 0 N–H and O–H groups in total. The number of hydrogen-bond acceptors (Lipinski definition) is 0. The highest BCUT2D eigenvalue weighted by molar-refractivity contribution is 9.09. The van der Waals surface area contributed by atoms with Gasteiger partial charge in [-0.2, -0.15) is 0 Å². The Labute approximate surface area is 140 Å². The van der Waals surface area contributed by atoms with Crippen LogP contribution >= 0.6 is 15.9 Å². The minimum atomic E-state index is 0.611. The molecule has 0 bridgehead atoms. The SMILES string of the molecule is CCCCCCCCCCCC[C@@H](CBr)[n+]1ccccc1. The van der Waals surface area contributed by atoms with Crippen molar-refractivity contribution in [3.63, 3.8) is 0 Å². The molecule has 1 aromatic rings. The number of pyridine rings is 1. The van der Waals surface area contributed by atoms with Crippen LogP contribution in [-0.2, 0) is 0 Å². The van der Waals surface area contributed by atoms with Crippen molar-refractivity contribution in [2.45, 2.75) is 83.6 Å². The summed E-state index contributed by atoms with van der Waals surface area (Å²) < 4.78 is 2.34. The molecule has 0 radical (unpaired) electrons. The third-order valence-electron chi connectivity index (χ3n) is 4.23. The van der Waals surface area contributed by atoms with Gasteiger partial charge in [-0.25, -0.2) is 4.57 Å². The highest BCUT2D eigenvalue weighted by Crippen LogP contribution is 2.15. The molecule has 21 heavy (non-hydrogen) atoms. The van der Waals surface area contributed by atoms with E-state index in [4.69, 9.17) is 0 Å². The summed E-state index contributed by atoms with van der Waals surface area (Å²) in [6, 6.07) is 6.94. The van der Waals surface area contributed by atoms with Gasteiger partial charge in [0.15, 0.2) is 18.4 Å².